The normalized spacial score (nSPS) is 13.2. The summed E-state index contributed by atoms with van der Waals surface area (Å²) in [6.45, 7) is 6.22. The Kier molecular flexibility index (Phi) is 6.52. The van der Waals surface area contributed by atoms with Crippen LogP contribution in [0.5, 0.6) is 0 Å². The van der Waals surface area contributed by atoms with Crippen molar-refractivity contribution in [3.8, 4) is 0 Å². The Balaban J connectivity index is 1.97. The molecule has 24 heavy (non-hydrogen) atoms. The summed E-state index contributed by atoms with van der Waals surface area (Å²) >= 11 is 12.1. The lowest BCUT2D eigenvalue weighted by atomic mass is 9.99. The molecular weight excluding hydrogens is 343 g/mol. The number of hydrogen-bond donors (Lipinski definition) is 2. The van der Waals surface area contributed by atoms with Crippen molar-refractivity contribution in [2.45, 2.75) is 39.2 Å². The number of urea groups is 1. The van der Waals surface area contributed by atoms with Crippen LogP contribution in [0.25, 0.3) is 0 Å². The lowest BCUT2D eigenvalue weighted by Crippen LogP contribution is -2.31. The molecule has 0 spiro atoms. The topological polar surface area (TPSA) is 41.1 Å². The van der Waals surface area contributed by atoms with E-state index in [0.29, 0.717) is 16.0 Å². The third-order valence-corrected chi connectivity index (χ3v) is 4.69. The minimum absolute atomic E-state index is 0.228. The fourth-order valence-electron chi connectivity index (χ4n) is 2.42. The van der Waals surface area contributed by atoms with Crippen molar-refractivity contribution in [2.24, 2.45) is 0 Å². The van der Waals surface area contributed by atoms with Gasteiger partial charge in [0, 0.05) is 15.7 Å². The molecule has 0 aliphatic heterocycles. The molecule has 2 aromatic rings. The van der Waals surface area contributed by atoms with Crippen LogP contribution in [-0.4, -0.2) is 6.03 Å². The van der Waals surface area contributed by atoms with Gasteiger partial charge in [0.25, 0.3) is 0 Å². The van der Waals surface area contributed by atoms with Crippen LogP contribution in [0, 0.1) is 0 Å². The Morgan fingerprint density at radius 3 is 2.33 bits per heavy atom. The molecule has 0 radical (unpaired) electrons. The summed E-state index contributed by atoms with van der Waals surface area (Å²) in [4.78, 5) is 12.2. The van der Waals surface area contributed by atoms with E-state index in [4.69, 9.17) is 23.2 Å². The minimum Gasteiger partial charge on any atom is -0.331 e. The van der Waals surface area contributed by atoms with Crippen LogP contribution < -0.4 is 10.6 Å². The van der Waals surface area contributed by atoms with Crippen LogP contribution >= 0.6 is 23.2 Å². The molecule has 0 heterocycles. The molecule has 0 fully saturated rings. The van der Waals surface area contributed by atoms with Crippen LogP contribution in [0.15, 0.2) is 42.5 Å². The molecule has 0 bridgehead atoms. The average Bonchev–Trinajstić information content (AvgIpc) is 2.54. The summed E-state index contributed by atoms with van der Waals surface area (Å²) in [5.41, 5.74) is 2.85. The SMILES string of the molecule is CC[C@H](C)c1ccc(NC(=O)N[C@H](C)c2ccc(Cl)cc2Cl)cc1. The van der Waals surface area contributed by atoms with Crippen molar-refractivity contribution in [3.63, 3.8) is 0 Å². The van der Waals surface area contributed by atoms with Gasteiger partial charge in [0.2, 0.25) is 0 Å². The summed E-state index contributed by atoms with van der Waals surface area (Å²) in [7, 11) is 0. The van der Waals surface area contributed by atoms with E-state index < -0.39 is 0 Å². The molecule has 2 rings (SSSR count). The van der Waals surface area contributed by atoms with Crippen LogP contribution in [0.2, 0.25) is 10.0 Å². The molecule has 2 N–H and O–H groups in total. The molecule has 0 aliphatic rings. The molecule has 0 unspecified atom stereocenters. The van der Waals surface area contributed by atoms with Gasteiger partial charge < -0.3 is 10.6 Å². The summed E-state index contributed by atoms with van der Waals surface area (Å²) < 4.78 is 0. The summed E-state index contributed by atoms with van der Waals surface area (Å²) in [6.07, 6.45) is 1.09. The number of nitrogens with one attached hydrogen (secondary N) is 2. The molecule has 0 saturated heterocycles. The zero-order valence-electron chi connectivity index (χ0n) is 14.1. The van der Waals surface area contributed by atoms with E-state index in [0.717, 1.165) is 17.7 Å². The highest BCUT2D eigenvalue weighted by atomic mass is 35.5. The van der Waals surface area contributed by atoms with Gasteiger partial charge in [-0.1, -0.05) is 55.2 Å². The number of halogens is 2. The first-order valence-electron chi connectivity index (χ1n) is 8.03. The smallest absolute Gasteiger partial charge is 0.319 e. The monoisotopic (exact) mass is 364 g/mol. The highest BCUT2D eigenvalue weighted by Crippen LogP contribution is 2.26. The van der Waals surface area contributed by atoms with Gasteiger partial charge in [0.15, 0.2) is 0 Å². The average molecular weight is 365 g/mol. The largest absolute Gasteiger partial charge is 0.331 e. The van der Waals surface area contributed by atoms with E-state index in [9.17, 15) is 4.79 Å². The van der Waals surface area contributed by atoms with E-state index in [-0.39, 0.29) is 12.1 Å². The minimum atomic E-state index is -0.273. The second-order valence-electron chi connectivity index (χ2n) is 5.92. The third kappa shape index (κ3) is 4.89. The van der Waals surface area contributed by atoms with Crippen molar-refractivity contribution >= 4 is 34.9 Å². The molecule has 0 aromatic heterocycles. The first-order valence-corrected chi connectivity index (χ1v) is 8.78. The predicted octanol–water partition coefficient (Wildman–Crippen LogP) is 6.39. The zero-order chi connectivity index (χ0) is 17.7. The van der Waals surface area contributed by atoms with Crippen molar-refractivity contribution in [3.05, 3.63) is 63.6 Å². The van der Waals surface area contributed by atoms with E-state index in [1.165, 1.54) is 5.56 Å². The Bertz CT molecular complexity index is 701. The quantitative estimate of drug-likeness (QED) is 0.633. The second-order valence-corrected chi connectivity index (χ2v) is 6.76. The number of hydrogen-bond acceptors (Lipinski definition) is 1. The highest BCUT2D eigenvalue weighted by Gasteiger charge is 2.13. The molecule has 5 heteroatoms. The van der Waals surface area contributed by atoms with Crippen molar-refractivity contribution in [2.75, 3.05) is 5.32 Å². The van der Waals surface area contributed by atoms with Gasteiger partial charge in [0.1, 0.15) is 0 Å². The van der Waals surface area contributed by atoms with Crippen LogP contribution in [-0.2, 0) is 0 Å². The molecule has 3 nitrogen and oxygen atoms in total. The van der Waals surface area contributed by atoms with Gasteiger partial charge in [-0.15, -0.1) is 0 Å². The molecule has 128 valence electrons. The van der Waals surface area contributed by atoms with Crippen LogP contribution in [0.1, 0.15) is 50.3 Å². The maximum absolute atomic E-state index is 12.2. The third-order valence-electron chi connectivity index (χ3n) is 4.13. The number of rotatable bonds is 5. The maximum atomic E-state index is 12.2. The van der Waals surface area contributed by atoms with E-state index >= 15 is 0 Å². The first-order chi connectivity index (χ1) is 11.4. The lowest BCUT2D eigenvalue weighted by Gasteiger charge is -2.17. The molecule has 2 aromatic carbocycles. The fraction of sp³-hybridized carbons (Fsp3) is 0.316. The predicted molar refractivity (Wildman–Crippen MR) is 102 cm³/mol. The molecule has 2 amide bonds. The second kappa shape index (κ2) is 8.41. The van der Waals surface area contributed by atoms with Crippen molar-refractivity contribution < 1.29 is 4.79 Å². The Morgan fingerprint density at radius 2 is 1.75 bits per heavy atom. The summed E-state index contributed by atoms with van der Waals surface area (Å²) in [5, 5.41) is 6.82. The number of carbonyl (C=O) groups is 1. The van der Waals surface area contributed by atoms with Gasteiger partial charge in [-0.3, -0.25) is 0 Å². The van der Waals surface area contributed by atoms with Crippen molar-refractivity contribution in [1.82, 2.24) is 5.32 Å². The number of carbonyl (C=O) groups excluding carboxylic acids is 1. The Hall–Kier alpha value is -1.71. The zero-order valence-corrected chi connectivity index (χ0v) is 15.6. The molecule has 0 saturated carbocycles. The highest BCUT2D eigenvalue weighted by molar-refractivity contribution is 6.35. The van der Waals surface area contributed by atoms with Gasteiger partial charge in [-0.05, 0) is 54.7 Å². The van der Waals surface area contributed by atoms with Gasteiger partial charge in [-0.2, -0.15) is 0 Å². The fourth-order valence-corrected chi connectivity index (χ4v) is 3.00. The molecule has 2 atom stereocenters. The first kappa shape index (κ1) is 18.6. The van der Waals surface area contributed by atoms with E-state index in [2.05, 4.69) is 24.5 Å². The molecule has 0 aliphatic carbocycles. The van der Waals surface area contributed by atoms with E-state index in [1.54, 1.807) is 12.1 Å². The van der Waals surface area contributed by atoms with E-state index in [1.807, 2.05) is 37.3 Å². The summed E-state index contributed by atoms with van der Waals surface area (Å²) in [5.74, 6) is 0.514. The van der Waals surface area contributed by atoms with Crippen molar-refractivity contribution in [1.29, 1.82) is 0 Å². The Labute approximate surface area is 153 Å². The number of benzene rings is 2. The Morgan fingerprint density at radius 1 is 1.08 bits per heavy atom. The lowest BCUT2D eigenvalue weighted by molar-refractivity contribution is 0.249. The van der Waals surface area contributed by atoms with Crippen LogP contribution in [0.3, 0.4) is 0 Å². The van der Waals surface area contributed by atoms with Gasteiger partial charge in [0.05, 0.1) is 6.04 Å². The number of anilines is 1. The standard InChI is InChI=1S/C19H22Cl2N2O/c1-4-12(2)14-5-8-16(9-6-14)23-19(24)22-13(3)17-10-7-15(20)11-18(17)21/h5-13H,4H2,1-3H3,(H2,22,23,24)/t12-,13+/m0/s1. The van der Waals surface area contributed by atoms with Crippen LogP contribution in [0.4, 0.5) is 10.5 Å². The van der Waals surface area contributed by atoms with Gasteiger partial charge in [-0.25, -0.2) is 4.79 Å². The van der Waals surface area contributed by atoms with Gasteiger partial charge >= 0.3 is 6.03 Å². The maximum Gasteiger partial charge on any atom is 0.319 e. The summed E-state index contributed by atoms with van der Waals surface area (Å²) in [6, 6.07) is 12.7. The number of amides is 2. The molecular formula is C19H22Cl2N2O.